The molecular formula is C21H27N3O2. The Bertz CT molecular complexity index is 762. The largest absolute Gasteiger partial charge is 0.376 e. The lowest BCUT2D eigenvalue weighted by molar-refractivity contribution is -0.123. The van der Waals surface area contributed by atoms with Gasteiger partial charge in [0.15, 0.2) is 0 Å². The second-order valence-corrected chi connectivity index (χ2v) is 7.40. The Kier molecular flexibility index (Phi) is 6.39. The molecule has 0 saturated carbocycles. The van der Waals surface area contributed by atoms with Crippen molar-refractivity contribution in [3.8, 4) is 0 Å². The van der Waals surface area contributed by atoms with Crippen LogP contribution in [0.5, 0.6) is 0 Å². The molecule has 0 atom stereocenters. The van der Waals surface area contributed by atoms with E-state index in [0.717, 1.165) is 11.3 Å². The van der Waals surface area contributed by atoms with Crippen LogP contribution < -0.4 is 16.0 Å². The number of rotatable bonds is 6. The third-order valence-electron chi connectivity index (χ3n) is 3.86. The Balaban J connectivity index is 1.83. The van der Waals surface area contributed by atoms with Gasteiger partial charge in [-0.2, -0.15) is 0 Å². The molecule has 2 aromatic carbocycles. The smallest absolute Gasteiger partial charge is 0.239 e. The molecule has 2 aromatic rings. The number of amides is 2. The van der Waals surface area contributed by atoms with E-state index < -0.39 is 5.41 Å². The Labute approximate surface area is 155 Å². The first kappa shape index (κ1) is 19.5. The minimum atomic E-state index is -0.459. The van der Waals surface area contributed by atoms with Gasteiger partial charge in [-0.25, -0.2) is 0 Å². The summed E-state index contributed by atoms with van der Waals surface area (Å²) in [7, 11) is 0. The van der Waals surface area contributed by atoms with Gasteiger partial charge in [0.05, 0.1) is 6.54 Å². The first-order valence-electron chi connectivity index (χ1n) is 8.72. The zero-order valence-corrected chi connectivity index (χ0v) is 15.8. The van der Waals surface area contributed by atoms with Crippen molar-refractivity contribution < 1.29 is 9.59 Å². The second-order valence-electron chi connectivity index (χ2n) is 7.40. The predicted octanol–water partition coefficient (Wildman–Crippen LogP) is 3.71. The fourth-order valence-electron chi connectivity index (χ4n) is 2.18. The van der Waals surface area contributed by atoms with Gasteiger partial charge in [-0.05, 0) is 30.7 Å². The number of carbonyl (C=O) groups excluding carboxylic acids is 2. The van der Waals surface area contributed by atoms with Gasteiger partial charge in [0.1, 0.15) is 0 Å². The van der Waals surface area contributed by atoms with Crippen LogP contribution in [0.15, 0.2) is 48.5 Å². The number of hydrogen-bond donors (Lipinski definition) is 3. The maximum absolute atomic E-state index is 12.1. The molecule has 0 bridgehead atoms. The number of aryl methyl sites for hydroxylation is 1. The fraction of sp³-hybridized carbons (Fsp3) is 0.333. The molecular weight excluding hydrogens is 326 g/mol. The number of carbonyl (C=O) groups is 2. The molecule has 0 spiro atoms. The monoisotopic (exact) mass is 353 g/mol. The van der Waals surface area contributed by atoms with Crippen LogP contribution in [0.4, 0.5) is 11.4 Å². The molecule has 5 nitrogen and oxygen atoms in total. The highest BCUT2D eigenvalue weighted by Gasteiger charge is 2.21. The van der Waals surface area contributed by atoms with E-state index in [2.05, 4.69) is 16.0 Å². The van der Waals surface area contributed by atoms with Crippen molar-refractivity contribution in [2.24, 2.45) is 5.41 Å². The highest BCUT2D eigenvalue weighted by Crippen LogP contribution is 2.19. The summed E-state index contributed by atoms with van der Waals surface area (Å²) in [6, 6.07) is 15.4. The van der Waals surface area contributed by atoms with E-state index in [1.54, 1.807) is 0 Å². The lowest BCUT2D eigenvalue weighted by atomic mass is 9.95. The molecule has 0 aromatic heterocycles. The van der Waals surface area contributed by atoms with E-state index in [4.69, 9.17) is 0 Å². The molecule has 0 heterocycles. The van der Waals surface area contributed by atoms with Crippen molar-refractivity contribution in [2.75, 3.05) is 17.2 Å². The van der Waals surface area contributed by atoms with Gasteiger partial charge in [-0.1, -0.05) is 56.7 Å². The van der Waals surface area contributed by atoms with Crippen LogP contribution in [-0.2, 0) is 16.1 Å². The second kappa shape index (κ2) is 8.52. The van der Waals surface area contributed by atoms with Gasteiger partial charge in [0.2, 0.25) is 11.8 Å². The minimum absolute atomic E-state index is 0.0505. The number of anilines is 2. The maximum Gasteiger partial charge on any atom is 0.239 e. The topological polar surface area (TPSA) is 70.2 Å². The van der Waals surface area contributed by atoms with Crippen LogP contribution in [0.25, 0.3) is 0 Å². The Hall–Kier alpha value is -2.82. The zero-order valence-electron chi connectivity index (χ0n) is 15.8. The summed E-state index contributed by atoms with van der Waals surface area (Å²) >= 11 is 0. The Morgan fingerprint density at radius 3 is 2.27 bits per heavy atom. The summed E-state index contributed by atoms with van der Waals surface area (Å²) in [4.78, 5) is 24.1. The van der Waals surface area contributed by atoms with E-state index in [9.17, 15) is 9.59 Å². The average Bonchev–Trinajstić information content (AvgIpc) is 2.59. The molecule has 0 radical (unpaired) electrons. The van der Waals surface area contributed by atoms with Gasteiger partial charge in [0.25, 0.3) is 0 Å². The first-order chi connectivity index (χ1) is 12.2. The van der Waals surface area contributed by atoms with Crippen LogP contribution in [0.3, 0.4) is 0 Å². The molecule has 0 unspecified atom stereocenters. The van der Waals surface area contributed by atoms with E-state index in [0.29, 0.717) is 12.2 Å². The highest BCUT2D eigenvalue weighted by molar-refractivity contribution is 5.95. The van der Waals surface area contributed by atoms with E-state index in [1.807, 2.05) is 76.2 Å². The lowest BCUT2D eigenvalue weighted by Gasteiger charge is -2.18. The number of nitrogens with one attached hydrogen (secondary N) is 3. The third-order valence-corrected chi connectivity index (χ3v) is 3.86. The van der Waals surface area contributed by atoms with E-state index in [-0.39, 0.29) is 18.4 Å². The lowest BCUT2D eigenvalue weighted by Crippen LogP contribution is -2.29. The Morgan fingerprint density at radius 1 is 0.962 bits per heavy atom. The fourth-order valence-corrected chi connectivity index (χ4v) is 2.18. The standard InChI is InChI=1S/C21H27N3O2/c1-15-8-10-16(11-9-15)13-23-19(25)14-22-17-6-5-7-18(12-17)24-20(26)21(2,3)4/h5-12,22H,13-14H2,1-4H3,(H,23,25)(H,24,26). The molecule has 2 rings (SSSR count). The van der Waals surface area contributed by atoms with Crippen molar-refractivity contribution in [3.63, 3.8) is 0 Å². The van der Waals surface area contributed by atoms with Gasteiger partial charge >= 0.3 is 0 Å². The highest BCUT2D eigenvalue weighted by atomic mass is 16.2. The van der Waals surface area contributed by atoms with Crippen molar-refractivity contribution in [1.82, 2.24) is 5.32 Å². The molecule has 0 saturated heterocycles. The molecule has 0 fully saturated rings. The summed E-state index contributed by atoms with van der Waals surface area (Å²) in [5.74, 6) is -0.139. The van der Waals surface area contributed by atoms with Crippen LogP contribution in [0, 0.1) is 12.3 Å². The normalized spacial score (nSPS) is 10.9. The van der Waals surface area contributed by atoms with E-state index >= 15 is 0 Å². The van der Waals surface area contributed by atoms with Crippen molar-refractivity contribution in [3.05, 3.63) is 59.7 Å². The molecule has 2 amide bonds. The summed E-state index contributed by atoms with van der Waals surface area (Å²) in [5.41, 5.74) is 3.28. The van der Waals surface area contributed by atoms with Crippen LogP contribution in [0.2, 0.25) is 0 Å². The summed E-state index contributed by atoms with van der Waals surface area (Å²) < 4.78 is 0. The van der Waals surface area contributed by atoms with Crippen LogP contribution in [0.1, 0.15) is 31.9 Å². The summed E-state index contributed by atoms with van der Waals surface area (Å²) in [5, 5.41) is 8.84. The van der Waals surface area contributed by atoms with Crippen LogP contribution >= 0.6 is 0 Å². The van der Waals surface area contributed by atoms with Crippen LogP contribution in [-0.4, -0.2) is 18.4 Å². The predicted molar refractivity (Wildman–Crippen MR) is 106 cm³/mol. The summed E-state index contributed by atoms with van der Waals surface area (Å²) in [6.07, 6.45) is 0. The third kappa shape index (κ3) is 6.24. The molecule has 0 aliphatic heterocycles. The summed E-state index contributed by atoms with van der Waals surface area (Å²) in [6.45, 7) is 8.30. The van der Waals surface area contributed by atoms with Crippen molar-refractivity contribution >= 4 is 23.2 Å². The molecule has 0 aliphatic carbocycles. The van der Waals surface area contributed by atoms with Gasteiger partial charge in [0, 0.05) is 23.3 Å². The van der Waals surface area contributed by atoms with Crippen molar-refractivity contribution in [1.29, 1.82) is 0 Å². The molecule has 3 N–H and O–H groups in total. The van der Waals surface area contributed by atoms with E-state index in [1.165, 1.54) is 5.56 Å². The number of benzene rings is 2. The first-order valence-corrected chi connectivity index (χ1v) is 8.72. The van der Waals surface area contributed by atoms with Gasteiger partial charge < -0.3 is 16.0 Å². The quantitative estimate of drug-likeness (QED) is 0.741. The van der Waals surface area contributed by atoms with Gasteiger partial charge in [-0.3, -0.25) is 9.59 Å². The molecule has 5 heteroatoms. The average molecular weight is 353 g/mol. The molecule has 138 valence electrons. The molecule has 0 aliphatic rings. The van der Waals surface area contributed by atoms with Gasteiger partial charge in [-0.15, -0.1) is 0 Å². The SMILES string of the molecule is Cc1ccc(CNC(=O)CNc2cccc(NC(=O)C(C)(C)C)c2)cc1. The zero-order chi connectivity index (χ0) is 19.2. The maximum atomic E-state index is 12.1. The van der Waals surface area contributed by atoms with Crippen molar-refractivity contribution in [2.45, 2.75) is 34.2 Å². The number of hydrogen-bond acceptors (Lipinski definition) is 3. The Morgan fingerprint density at radius 2 is 1.62 bits per heavy atom. The molecule has 26 heavy (non-hydrogen) atoms. The minimum Gasteiger partial charge on any atom is -0.376 e.